The van der Waals surface area contributed by atoms with Crippen LogP contribution in [0.25, 0.3) is 0 Å². The van der Waals surface area contributed by atoms with Gasteiger partial charge in [0.15, 0.2) is 0 Å². The molecule has 2 rings (SSSR count). The minimum atomic E-state index is -0.0899. The number of benzene rings is 1. The molecule has 18 heavy (non-hydrogen) atoms. The zero-order valence-corrected chi connectivity index (χ0v) is 11.1. The van der Waals surface area contributed by atoms with Gasteiger partial charge in [0, 0.05) is 13.1 Å². The molecule has 0 bridgehead atoms. The SMILES string of the molecule is CNCC1(CNCCc2ccccc2F)CCC1. The second-order valence-corrected chi connectivity index (χ2v) is 5.40. The van der Waals surface area contributed by atoms with Gasteiger partial charge in [-0.15, -0.1) is 0 Å². The Morgan fingerprint density at radius 3 is 2.61 bits per heavy atom. The highest BCUT2D eigenvalue weighted by atomic mass is 19.1. The van der Waals surface area contributed by atoms with Crippen LogP contribution in [0.3, 0.4) is 0 Å². The van der Waals surface area contributed by atoms with E-state index in [1.165, 1.54) is 25.3 Å². The Morgan fingerprint density at radius 2 is 2.00 bits per heavy atom. The van der Waals surface area contributed by atoms with Crippen molar-refractivity contribution in [1.29, 1.82) is 0 Å². The molecule has 1 aliphatic carbocycles. The highest BCUT2D eigenvalue weighted by Crippen LogP contribution is 2.39. The zero-order valence-electron chi connectivity index (χ0n) is 11.1. The highest BCUT2D eigenvalue weighted by Gasteiger charge is 2.35. The fourth-order valence-electron chi connectivity index (χ4n) is 2.75. The molecule has 0 unspecified atom stereocenters. The normalized spacial score (nSPS) is 17.4. The molecule has 0 aliphatic heterocycles. The Labute approximate surface area is 109 Å². The van der Waals surface area contributed by atoms with Crippen molar-refractivity contribution >= 4 is 0 Å². The summed E-state index contributed by atoms with van der Waals surface area (Å²) in [6.07, 6.45) is 4.72. The van der Waals surface area contributed by atoms with Gasteiger partial charge in [-0.05, 0) is 49.9 Å². The maximum absolute atomic E-state index is 13.4. The lowest BCUT2D eigenvalue weighted by Crippen LogP contribution is -2.46. The Balaban J connectivity index is 1.71. The standard InChI is InChI=1S/C15H23FN2/c1-17-11-15(8-4-9-15)12-18-10-7-13-5-2-3-6-14(13)16/h2-3,5-6,17-18H,4,7-12H2,1H3. The third-order valence-electron chi connectivity index (χ3n) is 3.99. The van der Waals surface area contributed by atoms with Gasteiger partial charge in [-0.2, -0.15) is 0 Å². The van der Waals surface area contributed by atoms with Crippen molar-refractivity contribution in [3.05, 3.63) is 35.6 Å². The summed E-state index contributed by atoms with van der Waals surface area (Å²) in [6, 6.07) is 7.03. The first-order valence-corrected chi connectivity index (χ1v) is 6.84. The molecular weight excluding hydrogens is 227 g/mol. The van der Waals surface area contributed by atoms with E-state index in [4.69, 9.17) is 0 Å². The Kier molecular flexibility index (Phi) is 4.72. The van der Waals surface area contributed by atoms with Crippen molar-refractivity contribution < 1.29 is 4.39 Å². The first-order chi connectivity index (χ1) is 8.76. The third kappa shape index (κ3) is 3.30. The van der Waals surface area contributed by atoms with Crippen LogP contribution in [0.4, 0.5) is 4.39 Å². The fraction of sp³-hybridized carbons (Fsp3) is 0.600. The van der Waals surface area contributed by atoms with Crippen LogP contribution >= 0.6 is 0 Å². The Bertz CT molecular complexity index is 375. The second-order valence-electron chi connectivity index (χ2n) is 5.40. The minimum absolute atomic E-state index is 0.0899. The largest absolute Gasteiger partial charge is 0.319 e. The lowest BCUT2D eigenvalue weighted by atomic mass is 9.68. The number of rotatable bonds is 7. The molecular formula is C15H23FN2. The molecule has 2 N–H and O–H groups in total. The van der Waals surface area contributed by atoms with E-state index >= 15 is 0 Å². The van der Waals surface area contributed by atoms with Crippen LogP contribution in [0, 0.1) is 11.2 Å². The molecule has 100 valence electrons. The van der Waals surface area contributed by atoms with Crippen LogP contribution in [-0.2, 0) is 6.42 Å². The van der Waals surface area contributed by atoms with E-state index in [1.54, 1.807) is 6.07 Å². The molecule has 1 aliphatic rings. The van der Waals surface area contributed by atoms with E-state index in [9.17, 15) is 4.39 Å². The average Bonchev–Trinajstić information content (AvgIpc) is 2.33. The van der Waals surface area contributed by atoms with Crippen molar-refractivity contribution in [2.75, 3.05) is 26.7 Å². The van der Waals surface area contributed by atoms with E-state index in [0.717, 1.165) is 31.6 Å². The summed E-state index contributed by atoms with van der Waals surface area (Å²) < 4.78 is 13.4. The van der Waals surface area contributed by atoms with Crippen molar-refractivity contribution in [1.82, 2.24) is 10.6 Å². The van der Waals surface area contributed by atoms with Crippen molar-refractivity contribution in [2.24, 2.45) is 5.41 Å². The van der Waals surface area contributed by atoms with Gasteiger partial charge < -0.3 is 10.6 Å². The number of hydrogen-bond acceptors (Lipinski definition) is 2. The van der Waals surface area contributed by atoms with Crippen LogP contribution < -0.4 is 10.6 Å². The maximum atomic E-state index is 13.4. The monoisotopic (exact) mass is 250 g/mol. The van der Waals surface area contributed by atoms with Crippen molar-refractivity contribution in [3.63, 3.8) is 0 Å². The molecule has 2 nitrogen and oxygen atoms in total. The molecule has 0 radical (unpaired) electrons. The van der Waals surface area contributed by atoms with E-state index in [0.29, 0.717) is 5.41 Å². The molecule has 1 saturated carbocycles. The van der Waals surface area contributed by atoms with Gasteiger partial charge in [0.05, 0.1) is 0 Å². The van der Waals surface area contributed by atoms with Gasteiger partial charge in [-0.1, -0.05) is 24.6 Å². The molecule has 0 amide bonds. The Morgan fingerprint density at radius 1 is 1.22 bits per heavy atom. The summed E-state index contributed by atoms with van der Waals surface area (Å²) in [7, 11) is 2.01. The van der Waals surface area contributed by atoms with Gasteiger partial charge in [0.2, 0.25) is 0 Å². The van der Waals surface area contributed by atoms with E-state index in [1.807, 2.05) is 19.2 Å². The molecule has 0 spiro atoms. The molecule has 1 aromatic carbocycles. The van der Waals surface area contributed by atoms with Crippen LogP contribution in [0.1, 0.15) is 24.8 Å². The van der Waals surface area contributed by atoms with Crippen molar-refractivity contribution in [2.45, 2.75) is 25.7 Å². The molecule has 0 saturated heterocycles. The number of hydrogen-bond donors (Lipinski definition) is 2. The molecule has 0 heterocycles. The predicted molar refractivity (Wildman–Crippen MR) is 73.2 cm³/mol. The first-order valence-electron chi connectivity index (χ1n) is 6.84. The van der Waals surface area contributed by atoms with Gasteiger partial charge in [0.25, 0.3) is 0 Å². The number of nitrogens with one attached hydrogen (secondary N) is 2. The summed E-state index contributed by atoms with van der Waals surface area (Å²) in [5.74, 6) is -0.0899. The summed E-state index contributed by atoms with van der Waals surface area (Å²) in [5.41, 5.74) is 1.26. The van der Waals surface area contributed by atoms with E-state index in [-0.39, 0.29) is 5.82 Å². The zero-order chi connectivity index (χ0) is 12.8. The molecule has 0 atom stereocenters. The number of halogens is 1. The van der Waals surface area contributed by atoms with Gasteiger partial charge in [-0.25, -0.2) is 4.39 Å². The van der Waals surface area contributed by atoms with Crippen LogP contribution in [-0.4, -0.2) is 26.7 Å². The average molecular weight is 250 g/mol. The quantitative estimate of drug-likeness (QED) is 0.726. The smallest absolute Gasteiger partial charge is 0.126 e. The van der Waals surface area contributed by atoms with Crippen LogP contribution in [0.15, 0.2) is 24.3 Å². The highest BCUT2D eigenvalue weighted by molar-refractivity contribution is 5.17. The second kappa shape index (κ2) is 6.30. The van der Waals surface area contributed by atoms with Crippen molar-refractivity contribution in [3.8, 4) is 0 Å². The summed E-state index contributed by atoms with van der Waals surface area (Å²) >= 11 is 0. The molecule has 1 fully saturated rings. The van der Waals surface area contributed by atoms with Gasteiger partial charge in [-0.3, -0.25) is 0 Å². The lowest BCUT2D eigenvalue weighted by molar-refractivity contribution is 0.131. The Hall–Kier alpha value is -0.930. The molecule has 0 aromatic heterocycles. The topological polar surface area (TPSA) is 24.1 Å². The van der Waals surface area contributed by atoms with Crippen LogP contribution in [0.2, 0.25) is 0 Å². The summed E-state index contributed by atoms with van der Waals surface area (Å²) in [5, 5.41) is 6.76. The lowest BCUT2D eigenvalue weighted by Gasteiger charge is -2.42. The first kappa shape index (κ1) is 13.5. The molecule has 1 aromatic rings. The predicted octanol–water partition coefficient (Wildman–Crippen LogP) is 2.35. The fourth-order valence-corrected chi connectivity index (χ4v) is 2.75. The minimum Gasteiger partial charge on any atom is -0.319 e. The summed E-state index contributed by atoms with van der Waals surface area (Å²) in [6.45, 7) is 2.98. The maximum Gasteiger partial charge on any atom is 0.126 e. The van der Waals surface area contributed by atoms with Gasteiger partial charge in [0.1, 0.15) is 5.82 Å². The summed E-state index contributed by atoms with van der Waals surface area (Å²) in [4.78, 5) is 0. The van der Waals surface area contributed by atoms with E-state index in [2.05, 4.69) is 10.6 Å². The van der Waals surface area contributed by atoms with E-state index < -0.39 is 0 Å². The molecule has 3 heteroatoms. The van der Waals surface area contributed by atoms with Gasteiger partial charge >= 0.3 is 0 Å². The van der Waals surface area contributed by atoms with Crippen LogP contribution in [0.5, 0.6) is 0 Å². The third-order valence-corrected chi connectivity index (χ3v) is 3.99.